The molecule has 0 saturated carbocycles. The monoisotopic (exact) mass is 287 g/mol. The van der Waals surface area contributed by atoms with E-state index in [2.05, 4.69) is 4.72 Å². The van der Waals surface area contributed by atoms with Gasteiger partial charge in [0.05, 0.1) is 5.75 Å². The molecule has 0 aliphatic heterocycles. The molecule has 0 heterocycles. The van der Waals surface area contributed by atoms with Crippen molar-refractivity contribution in [3.8, 4) is 0 Å². The van der Waals surface area contributed by atoms with E-state index in [1.165, 1.54) is 11.4 Å². The molecule has 0 amide bonds. The van der Waals surface area contributed by atoms with Crippen molar-refractivity contribution < 1.29 is 16.8 Å². The molecule has 0 fully saturated rings. The van der Waals surface area contributed by atoms with Crippen LogP contribution in [0.2, 0.25) is 0 Å². The fraction of sp³-hybridized carbons (Fsp3) is 1.00. The molecule has 0 rings (SSSR count). The van der Waals surface area contributed by atoms with Gasteiger partial charge in [0.2, 0.25) is 0 Å². The molecular formula is C8H21N3O4S2. The number of nitrogens with two attached hydrogens (primary N) is 1. The summed E-state index contributed by atoms with van der Waals surface area (Å²) in [5.74, 6) is -0.0258. The SMILES string of the molecule is CN(CCCN)S(=O)(=O)NCCCS(C)(=O)=O. The van der Waals surface area contributed by atoms with E-state index in [0.717, 1.165) is 6.26 Å². The van der Waals surface area contributed by atoms with Crippen LogP contribution in [0.25, 0.3) is 0 Å². The Morgan fingerprint density at radius 3 is 2.24 bits per heavy atom. The zero-order chi connectivity index (χ0) is 13.5. The Labute approximate surface area is 103 Å². The second-order valence-electron chi connectivity index (χ2n) is 3.85. The van der Waals surface area contributed by atoms with Crippen molar-refractivity contribution in [3.05, 3.63) is 0 Å². The highest BCUT2D eigenvalue weighted by Gasteiger charge is 2.16. The van der Waals surface area contributed by atoms with E-state index in [1.54, 1.807) is 0 Å². The van der Waals surface area contributed by atoms with Crippen LogP contribution in [0.3, 0.4) is 0 Å². The van der Waals surface area contributed by atoms with Gasteiger partial charge in [-0.05, 0) is 19.4 Å². The quantitative estimate of drug-likeness (QED) is 0.503. The van der Waals surface area contributed by atoms with Crippen molar-refractivity contribution in [2.45, 2.75) is 12.8 Å². The van der Waals surface area contributed by atoms with Crippen LogP contribution in [-0.4, -0.2) is 59.8 Å². The molecule has 0 spiro atoms. The normalized spacial score (nSPS) is 13.2. The smallest absolute Gasteiger partial charge is 0.279 e. The lowest BCUT2D eigenvalue weighted by atomic mass is 10.4. The molecule has 0 aromatic heterocycles. The summed E-state index contributed by atoms with van der Waals surface area (Å²) in [6, 6.07) is 0. The van der Waals surface area contributed by atoms with Gasteiger partial charge >= 0.3 is 0 Å². The average Bonchev–Trinajstić information content (AvgIpc) is 2.19. The van der Waals surface area contributed by atoms with E-state index in [4.69, 9.17) is 5.73 Å². The molecule has 0 unspecified atom stereocenters. The molecule has 3 N–H and O–H groups in total. The summed E-state index contributed by atoms with van der Waals surface area (Å²) in [7, 11) is -5.11. The summed E-state index contributed by atoms with van der Waals surface area (Å²) in [5, 5.41) is 0. The molecule has 17 heavy (non-hydrogen) atoms. The van der Waals surface area contributed by atoms with Crippen LogP contribution in [0.4, 0.5) is 0 Å². The van der Waals surface area contributed by atoms with Crippen LogP contribution in [0.5, 0.6) is 0 Å². The zero-order valence-corrected chi connectivity index (χ0v) is 11.8. The first-order valence-electron chi connectivity index (χ1n) is 5.28. The minimum absolute atomic E-state index is 0.0258. The number of nitrogens with zero attached hydrogens (tertiary/aromatic N) is 1. The summed E-state index contributed by atoms with van der Waals surface area (Å²) >= 11 is 0. The minimum Gasteiger partial charge on any atom is -0.330 e. The number of nitrogens with one attached hydrogen (secondary N) is 1. The number of rotatable bonds is 9. The van der Waals surface area contributed by atoms with Gasteiger partial charge in [-0.25, -0.2) is 13.1 Å². The molecule has 7 nitrogen and oxygen atoms in total. The second kappa shape index (κ2) is 7.27. The van der Waals surface area contributed by atoms with Crippen molar-refractivity contribution in [2.24, 2.45) is 5.73 Å². The van der Waals surface area contributed by atoms with Crippen LogP contribution < -0.4 is 10.5 Å². The minimum atomic E-state index is -3.52. The predicted molar refractivity (Wildman–Crippen MR) is 67.6 cm³/mol. The third kappa shape index (κ3) is 8.50. The number of hydrogen-bond donors (Lipinski definition) is 2. The maximum absolute atomic E-state index is 11.6. The van der Waals surface area contributed by atoms with Crippen molar-refractivity contribution in [3.63, 3.8) is 0 Å². The van der Waals surface area contributed by atoms with E-state index < -0.39 is 20.0 Å². The van der Waals surface area contributed by atoms with Crippen molar-refractivity contribution in [1.82, 2.24) is 9.03 Å². The van der Waals surface area contributed by atoms with E-state index in [9.17, 15) is 16.8 Å². The largest absolute Gasteiger partial charge is 0.330 e. The molecule has 0 atom stereocenters. The Kier molecular flexibility index (Phi) is 7.17. The van der Waals surface area contributed by atoms with Gasteiger partial charge in [-0.3, -0.25) is 0 Å². The highest BCUT2D eigenvalue weighted by Crippen LogP contribution is 1.96. The Balaban J connectivity index is 4.02. The molecule has 0 aliphatic carbocycles. The lowest BCUT2D eigenvalue weighted by Gasteiger charge is -2.17. The molecular weight excluding hydrogens is 266 g/mol. The number of hydrogen-bond acceptors (Lipinski definition) is 5. The van der Waals surface area contributed by atoms with Gasteiger partial charge in [0.1, 0.15) is 9.84 Å². The van der Waals surface area contributed by atoms with E-state index >= 15 is 0 Å². The third-order valence-corrected chi connectivity index (χ3v) is 4.67. The number of sulfone groups is 1. The van der Waals surface area contributed by atoms with Gasteiger partial charge in [-0.2, -0.15) is 12.7 Å². The van der Waals surface area contributed by atoms with Gasteiger partial charge in [0.25, 0.3) is 10.2 Å². The maximum Gasteiger partial charge on any atom is 0.279 e. The highest BCUT2D eigenvalue weighted by molar-refractivity contribution is 7.90. The molecule has 9 heteroatoms. The van der Waals surface area contributed by atoms with Crippen molar-refractivity contribution >= 4 is 20.0 Å². The molecule has 104 valence electrons. The lowest BCUT2D eigenvalue weighted by molar-refractivity contribution is 0.452. The summed E-state index contributed by atoms with van der Waals surface area (Å²) in [5.41, 5.74) is 5.28. The summed E-state index contributed by atoms with van der Waals surface area (Å²) in [4.78, 5) is 0. The van der Waals surface area contributed by atoms with Crippen LogP contribution in [0, 0.1) is 0 Å². The van der Waals surface area contributed by atoms with Crippen molar-refractivity contribution in [1.29, 1.82) is 0 Å². The zero-order valence-electron chi connectivity index (χ0n) is 10.2. The summed E-state index contributed by atoms with van der Waals surface area (Å²) in [6.45, 7) is 0.883. The van der Waals surface area contributed by atoms with Gasteiger partial charge < -0.3 is 5.73 Å². The van der Waals surface area contributed by atoms with Crippen LogP contribution in [-0.2, 0) is 20.0 Å². The van der Waals surface area contributed by atoms with E-state index in [0.29, 0.717) is 19.5 Å². The molecule has 0 aromatic carbocycles. The fourth-order valence-electron chi connectivity index (χ4n) is 1.08. The predicted octanol–water partition coefficient (Wildman–Crippen LogP) is -1.46. The van der Waals surface area contributed by atoms with E-state index in [-0.39, 0.29) is 18.7 Å². The Bertz CT molecular complexity index is 404. The molecule has 0 saturated heterocycles. The first-order valence-corrected chi connectivity index (χ1v) is 8.78. The van der Waals surface area contributed by atoms with Gasteiger partial charge in [0.15, 0.2) is 0 Å². The van der Waals surface area contributed by atoms with Crippen molar-refractivity contribution in [2.75, 3.05) is 38.7 Å². The third-order valence-electron chi connectivity index (χ3n) is 2.06. The first kappa shape index (κ1) is 16.8. The Morgan fingerprint density at radius 1 is 1.18 bits per heavy atom. The molecule has 0 aliphatic rings. The van der Waals surface area contributed by atoms with Gasteiger partial charge in [-0.15, -0.1) is 0 Å². The molecule has 0 radical (unpaired) electrons. The highest BCUT2D eigenvalue weighted by atomic mass is 32.2. The topological polar surface area (TPSA) is 110 Å². The van der Waals surface area contributed by atoms with E-state index in [1.807, 2.05) is 0 Å². The van der Waals surface area contributed by atoms with Crippen LogP contribution in [0.15, 0.2) is 0 Å². The average molecular weight is 287 g/mol. The molecule has 0 bridgehead atoms. The maximum atomic E-state index is 11.6. The first-order chi connectivity index (χ1) is 7.69. The second-order valence-corrected chi connectivity index (χ2v) is 7.97. The lowest BCUT2D eigenvalue weighted by Crippen LogP contribution is -2.39. The Morgan fingerprint density at radius 2 is 1.76 bits per heavy atom. The van der Waals surface area contributed by atoms with Gasteiger partial charge in [0, 0.05) is 26.4 Å². The molecule has 0 aromatic rings. The van der Waals surface area contributed by atoms with Crippen LogP contribution >= 0.6 is 0 Å². The fourth-order valence-corrected chi connectivity index (χ4v) is 2.74. The summed E-state index contributed by atoms with van der Waals surface area (Å²) < 4.78 is 48.3. The van der Waals surface area contributed by atoms with Crippen LogP contribution in [0.1, 0.15) is 12.8 Å². The Hall–Kier alpha value is -0.220. The standard InChI is InChI=1S/C8H21N3O4S2/c1-11(7-3-5-9)17(14,15)10-6-4-8-16(2,12)13/h10H,3-9H2,1-2H3. The summed E-state index contributed by atoms with van der Waals surface area (Å²) in [6.07, 6.45) is 1.97. The van der Waals surface area contributed by atoms with Gasteiger partial charge in [-0.1, -0.05) is 0 Å².